The Morgan fingerprint density at radius 1 is 0.826 bits per heavy atom. The summed E-state index contributed by atoms with van der Waals surface area (Å²) in [7, 11) is 0. The molecular weight excluding hydrogens is 310 g/mol. The zero-order valence-corrected chi connectivity index (χ0v) is 14.8. The van der Waals surface area contributed by atoms with Gasteiger partial charge in [-0.1, -0.05) is 20.8 Å². The molecule has 0 atom stereocenters. The van der Waals surface area contributed by atoms with Crippen LogP contribution in [0, 0.1) is 0 Å². The second kappa shape index (κ2) is 7.16. The Balaban J connectivity index is 1.66. The van der Waals surface area contributed by atoms with Gasteiger partial charge in [-0.15, -0.1) is 5.10 Å². The molecule has 0 N–H and O–H groups in total. The standard InChI is InChI=1S/C15H23N7S/c1-4-11-12(5-2)18-19-14(16-11)21-7-9-22(10-8-21)15-17-13(6-3)20-23-15/h4-10H2,1-3H3. The molecule has 2 aromatic rings. The molecule has 7 nitrogen and oxygen atoms in total. The second-order valence-electron chi connectivity index (χ2n) is 5.53. The largest absolute Gasteiger partial charge is 0.343 e. The van der Waals surface area contributed by atoms with E-state index in [-0.39, 0.29) is 0 Å². The number of piperazine rings is 1. The lowest BCUT2D eigenvalue weighted by Crippen LogP contribution is -2.47. The van der Waals surface area contributed by atoms with Crippen LogP contribution in [0.5, 0.6) is 0 Å². The van der Waals surface area contributed by atoms with E-state index < -0.39 is 0 Å². The Morgan fingerprint density at radius 2 is 1.52 bits per heavy atom. The molecule has 23 heavy (non-hydrogen) atoms. The quantitative estimate of drug-likeness (QED) is 0.825. The highest BCUT2D eigenvalue weighted by Gasteiger charge is 2.22. The van der Waals surface area contributed by atoms with Gasteiger partial charge in [-0.05, 0) is 12.8 Å². The molecule has 0 spiro atoms. The first-order chi connectivity index (χ1) is 11.2. The first kappa shape index (κ1) is 16.0. The van der Waals surface area contributed by atoms with Crippen LogP contribution in [0.1, 0.15) is 38.0 Å². The van der Waals surface area contributed by atoms with Gasteiger partial charge in [0.25, 0.3) is 0 Å². The maximum Gasteiger partial charge on any atom is 0.245 e. The molecule has 1 fully saturated rings. The monoisotopic (exact) mass is 333 g/mol. The normalized spacial score (nSPS) is 15.3. The van der Waals surface area contributed by atoms with Gasteiger partial charge in [0.2, 0.25) is 11.1 Å². The average molecular weight is 333 g/mol. The van der Waals surface area contributed by atoms with Crippen molar-refractivity contribution in [3.63, 3.8) is 0 Å². The minimum Gasteiger partial charge on any atom is -0.343 e. The Labute approximate surface area is 140 Å². The Bertz CT molecular complexity index is 649. The van der Waals surface area contributed by atoms with Gasteiger partial charge in [-0.3, -0.25) is 0 Å². The van der Waals surface area contributed by atoms with E-state index >= 15 is 0 Å². The Hall–Kier alpha value is -1.83. The maximum absolute atomic E-state index is 4.71. The molecule has 1 saturated heterocycles. The summed E-state index contributed by atoms with van der Waals surface area (Å²) in [5.74, 6) is 1.69. The van der Waals surface area contributed by atoms with E-state index in [1.165, 1.54) is 11.5 Å². The van der Waals surface area contributed by atoms with Crippen LogP contribution in [0.25, 0.3) is 0 Å². The summed E-state index contributed by atoms with van der Waals surface area (Å²) in [6, 6.07) is 0. The van der Waals surface area contributed by atoms with Crippen molar-refractivity contribution < 1.29 is 0 Å². The fourth-order valence-electron chi connectivity index (χ4n) is 2.68. The van der Waals surface area contributed by atoms with Crippen molar-refractivity contribution in [3.05, 3.63) is 17.2 Å². The summed E-state index contributed by atoms with van der Waals surface area (Å²) in [4.78, 5) is 13.8. The van der Waals surface area contributed by atoms with Crippen LogP contribution >= 0.6 is 11.5 Å². The third-order valence-corrected chi connectivity index (χ3v) is 4.92. The first-order valence-electron chi connectivity index (χ1n) is 8.30. The maximum atomic E-state index is 4.71. The molecule has 0 bridgehead atoms. The minimum absolute atomic E-state index is 0.755. The smallest absolute Gasteiger partial charge is 0.245 e. The highest BCUT2D eigenvalue weighted by molar-refractivity contribution is 7.09. The third kappa shape index (κ3) is 3.41. The van der Waals surface area contributed by atoms with E-state index in [1.54, 1.807) is 0 Å². The van der Waals surface area contributed by atoms with Crippen molar-refractivity contribution in [2.75, 3.05) is 36.0 Å². The zero-order chi connectivity index (χ0) is 16.2. The van der Waals surface area contributed by atoms with Crippen LogP contribution < -0.4 is 9.80 Å². The summed E-state index contributed by atoms with van der Waals surface area (Å²) in [6.07, 6.45) is 2.67. The summed E-state index contributed by atoms with van der Waals surface area (Å²) in [5.41, 5.74) is 2.08. The molecule has 0 radical (unpaired) electrons. The van der Waals surface area contributed by atoms with Crippen molar-refractivity contribution in [1.29, 1.82) is 0 Å². The minimum atomic E-state index is 0.755. The zero-order valence-electron chi connectivity index (χ0n) is 14.0. The Kier molecular flexibility index (Phi) is 5.00. The molecule has 3 heterocycles. The predicted molar refractivity (Wildman–Crippen MR) is 92.3 cm³/mol. The average Bonchev–Trinajstić information content (AvgIpc) is 3.10. The lowest BCUT2D eigenvalue weighted by molar-refractivity contribution is 0.627. The van der Waals surface area contributed by atoms with Gasteiger partial charge >= 0.3 is 0 Å². The van der Waals surface area contributed by atoms with Gasteiger partial charge < -0.3 is 9.80 Å². The molecule has 2 aromatic heterocycles. The van der Waals surface area contributed by atoms with Crippen molar-refractivity contribution in [2.24, 2.45) is 0 Å². The highest BCUT2D eigenvalue weighted by atomic mass is 32.1. The molecule has 124 valence electrons. The molecule has 0 amide bonds. The van der Waals surface area contributed by atoms with E-state index in [0.717, 1.165) is 73.7 Å². The molecule has 0 unspecified atom stereocenters. The number of rotatable bonds is 5. The molecule has 0 aromatic carbocycles. The van der Waals surface area contributed by atoms with Gasteiger partial charge in [0.15, 0.2) is 0 Å². The van der Waals surface area contributed by atoms with Crippen LogP contribution in [-0.4, -0.2) is 50.7 Å². The third-order valence-electron chi connectivity index (χ3n) is 4.10. The first-order valence-corrected chi connectivity index (χ1v) is 9.07. The molecular formula is C15H23N7S. The van der Waals surface area contributed by atoms with Gasteiger partial charge in [-0.2, -0.15) is 9.47 Å². The Morgan fingerprint density at radius 3 is 2.13 bits per heavy atom. The predicted octanol–water partition coefficient (Wildman–Crippen LogP) is 1.74. The summed E-state index contributed by atoms with van der Waals surface area (Å²) in [5, 5.41) is 9.69. The molecule has 1 aliphatic heterocycles. The summed E-state index contributed by atoms with van der Waals surface area (Å²) < 4.78 is 4.37. The lowest BCUT2D eigenvalue weighted by Gasteiger charge is -2.34. The van der Waals surface area contributed by atoms with Crippen LogP contribution in [-0.2, 0) is 19.3 Å². The second-order valence-corrected chi connectivity index (χ2v) is 6.26. The summed E-state index contributed by atoms with van der Waals surface area (Å²) >= 11 is 1.49. The van der Waals surface area contributed by atoms with E-state index in [1.807, 2.05) is 0 Å². The topological polar surface area (TPSA) is 70.9 Å². The van der Waals surface area contributed by atoms with Gasteiger partial charge in [0.1, 0.15) is 5.82 Å². The van der Waals surface area contributed by atoms with Crippen molar-refractivity contribution in [2.45, 2.75) is 40.0 Å². The number of aryl methyl sites for hydroxylation is 3. The van der Waals surface area contributed by atoms with Crippen LogP contribution in [0.3, 0.4) is 0 Å². The SMILES string of the molecule is CCc1nsc(N2CCN(c3nnc(CC)c(CC)n3)CC2)n1. The van der Waals surface area contributed by atoms with E-state index in [2.05, 4.69) is 50.1 Å². The number of aromatic nitrogens is 5. The molecule has 0 saturated carbocycles. The number of anilines is 2. The van der Waals surface area contributed by atoms with Crippen LogP contribution in [0.2, 0.25) is 0 Å². The van der Waals surface area contributed by atoms with E-state index in [4.69, 9.17) is 4.98 Å². The fraction of sp³-hybridized carbons (Fsp3) is 0.667. The van der Waals surface area contributed by atoms with Gasteiger partial charge in [0.05, 0.1) is 11.4 Å². The molecule has 0 aliphatic carbocycles. The van der Waals surface area contributed by atoms with Gasteiger partial charge in [0, 0.05) is 44.1 Å². The van der Waals surface area contributed by atoms with Crippen molar-refractivity contribution >= 4 is 22.6 Å². The van der Waals surface area contributed by atoms with E-state index in [0.29, 0.717) is 0 Å². The fourth-order valence-corrected chi connectivity index (χ4v) is 3.48. The van der Waals surface area contributed by atoms with Crippen molar-refractivity contribution in [3.8, 4) is 0 Å². The molecule has 3 rings (SSSR count). The summed E-state index contributed by atoms with van der Waals surface area (Å²) in [6.45, 7) is 9.90. The van der Waals surface area contributed by atoms with Gasteiger partial charge in [-0.25, -0.2) is 9.97 Å². The van der Waals surface area contributed by atoms with Crippen LogP contribution in [0.4, 0.5) is 11.1 Å². The van der Waals surface area contributed by atoms with E-state index in [9.17, 15) is 0 Å². The number of hydrogen-bond donors (Lipinski definition) is 0. The highest BCUT2D eigenvalue weighted by Crippen LogP contribution is 2.21. The number of nitrogens with zero attached hydrogens (tertiary/aromatic N) is 7. The van der Waals surface area contributed by atoms with Crippen LogP contribution in [0.15, 0.2) is 0 Å². The number of hydrogen-bond acceptors (Lipinski definition) is 8. The molecule has 1 aliphatic rings. The molecule has 8 heteroatoms. The van der Waals surface area contributed by atoms with Crippen molar-refractivity contribution in [1.82, 2.24) is 24.5 Å². The lowest BCUT2D eigenvalue weighted by atomic mass is 10.2.